The van der Waals surface area contributed by atoms with Gasteiger partial charge in [0, 0.05) is 18.7 Å². The van der Waals surface area contributed by atoms with Crippen LogP contribution in [0.15, 0.2) is 28.7 Å². The second-order valence-electron chi connectivity index (χ2n) is 3.71. The van der Waals surface area contributed by atoms with Crippen LogP contribution < -0.4 is 0 Å². The van der Waals surface area contributed by atoms with Crippen molar-refractivity contribution in [1.29, 1.82) is 0 Å². The number of aromatic nitrogens is 1. The summed E-state index contributed by atoms with van der Waals surface area (Å²) in [5.74, 6) is -2.55. The van der Waals surface area contributed by atoms with Gasteiger partial charge in [0.25, 0.3) is 0 Å². The molecule has 0 aliphatic carbocycles. The van der Waals surface area contributed by atoms with E-state index in [4.69, 9.17) is 5.11 Å². The second-order valence-corrected chi connectivity index (χ2v) is 4.57. The molecule has 0 aliphatic heterocycles. The molecule has 0 unspecified atom stereocenters. The third kappa shape index (κ3) is 2.03. The van der Waals surface area contributed by atoms with Crippen molar-refractivity contribution >= 4 is 21.9 Å². The number of nitrogens with zero attached hydrogens (tertiary/aromatic N) is 1. The second kappa shape index (κ2) is 4.53. The van der Waals surface area contributed by atoms with E-state index in [9.17, 15) is 13.6 Å². The predicted molar refractivity (Wildman–Crippen MR) is 65.4 cm³/mol. The number of carbonyl (C=O) groups is 1. The average Bonchev–Trinajstić information content (AvgIpc) is 2.66. The highest BCUT2D eigenvalue weighted by Crippen LogP contribution is 2.29. The molecule has 0 aliphatic rings. The standard InChI is InChI=1S/C12H8BrF2NO2/c1-16-10(2-3-11(16)12(17)18)6-4-7(13)9(15)5-8(6)14/h2-5H,1H3,(H,17,18). The molecule has 0 spiro atoms. The number of carboxylic acids is 1. The first kappa shape index (κ1) is 12.8. The number of aromatic carboxylic acids is 1. The molecule has 1 aromatic carbocycles. The zero-order valence-corrected chi connectivity index (χ0v) is 10.8. The highest BCUT2D eigenvalue weighted by atomic mass is 79.9. The van der Waals surface area contributed by atoms with Crippen LogP contribution in [-0.2, 0) is 7.05 Å². The molecule has 1 aromatic heterocycles. The third-order valence-electron chi connectivity index (χ3n) is 2.63. The van der Waals surface area contributed by atoms with Crippen molar-refractivity contribution in [3.63, 3.8) is 0 Å². The first-order chi connectivity index (χ1) is 8.41. The minimum atomic E-state index is -1.11. The van der Waals surface area contributed by atoms with Crippen LogP contribution in [0.3, 0.4) is 0 Å². The van der Waals surface area contributed by atoms with Crippen LogP contribution in [0.25, 0.3) is 11.3 Å². The minimum Gasteiger partial charge on any atom is -0.477 e. The Morgan fingerprint density at radius 2 is 1.94 bits per heavy atom. The lowest BCUT2D eigenvalue weighted by atomic mass is 10.1. The van der Waals surface area contributed by atoms with Gasteiger partial charge in [0.2, 0.25) is 0 Å². The van der Waals surface area contributed by atoms with Crippen LogP contribution in [0.2, 0.25) is 0 Å². The maximum Gasteiger partial charge on any atom is 0.352 e. The van der Waals surface area contributed by atoms with E-state index in [1.165, 1.54) is 29.8 Å². The highest BCUT2D eigenvalue weighted by Gasteiger charge is 2.16. The molecule has 3 nitrogen and oxygen atoms in total. The van der Waals surface area contributed by atoms with Crippen LogP contribution >= 0.6 is 15.9 Å². The first-order valence-electron chi connectivity index (χ1n) is 4.95. The quantitative estimate of drug-likeness (QED) is 0.863. The fourth-order valence-corrected chi connectivity index (χ4v) is 2.06. The molecule has 0 atom stereocenters. The predicted octanol–water partition coefficient (Wildman–Crippen LogP) is 3.43. The molecule has 2 rings (SSSR count). The van der Waals surface area contributed by atoms with Crippen molar-refractivity contribution in [2.24, 2.45) is 7.05 Å². The summed E-state index contributed by atoms with van der Waals surface area (Å²) in [4.78, 5) is 10.9. The van der Waals surface area contributed by atoms with E-state index in [1.54, 1.807) is 0 Å². The molecule has 0 saturated heterocycles. The van der Waals surface area contributed by atoms with Gasteiger partial charge in [-0.05, 0) is 34.1 Å². The topological polar surface area (TPSA) is 42.2 Å². The summed E-state index contributed by atoms with van der Waals surface area (Å²) in [6, 6.07) is 4.89. The van der Waals surface area contributed by atoms with Crippen molar-refractivity contribution in [3.8, 4) is 11.3 Å². The third-order valence-corrected chi connectivity index (χ3v) is 3.23. The monoisotopic (exact) mass is 315 g/mol. The van der Waals surface area contributed by atoms with Crippen LogP contribution in [0.5, 0.6) is 0 Å². The van der Waals surface area contributed by atoms with Crippen molar-refractivity contribution < 1.29 is 18.7 Å². The number of halogens is 3. The van der Waals surface area contributed by atoms with Gasteiger partial charge < -0.3 is 9.67 Å². The largest absolute Gasteiger partial charge is 0.477 e. The SMILES string of the molecule is Cn1c(C(=O)O)ccc1-c1cc(Br)c(F)cc1F. The van der Waals surface area contributed by atoms with Gasteiger partial charge >= 0.3 is 5.97 Å². The maximum atomic E-state index is 13.7. The normalized spacial score (nSPS) is 10.7. The van der Waals surface area contributed by atoms with Gasteiger partial charge in [-0.15, -0.1) is 0 Å². The summed E-state index contributed by atoms with van der Waals surface area (Å²) in [6.45, 7) is 0. The van der Waals surface area contributed by atoms with E-state index in [0.717, 1.165) is 6.07 Å². The van der Waals surface area contributed by atoms with Crippen molar-refractivity contribution in [2.75, 3.05) is 0 Å². The van der Waals surface area contributed by atoms with Crippen molar-refractivity contribution in [3.05, 3.63) is 46.1 Å². The Morgan fingerprint density at radius 3 is 2.50 bits per heavy atom. The first-order valence-corrected chi connectivity index (χ1v) is 5.75. The Hall–Kier alpha value is -1.69. The maximum absolute atomic E-state index is 13.7. The summed E-state index contributed by atoms with van der Waals surface area (Å²) >= 11 is 2.97. The number of carboxylic acid groups (broad SMARTS) is 1. The van der Waals surface area contributed by atoms with Crippen LogP contribution in [-0.4, -0.2) is 15.6 Å². The summed E-state index contributed by atoms with van der Waals surface area (Å²) in [5, 5.41) is 8.91. The summed E-state index contributed by atoms with van der Waals surface area (Å²) < 4.78 is 28.3. The van der Waals surface area contributed by atoms with Crippen molar-refractivity contribution in [1.82, 2.24) is 4.57 Å². The van der Waals surface area contributed by atoms with Crippen molar-refractivity contribution in [2.45, 2.75) is 0 Å². The van der Waals surface area contributed by atoms with E-state index in [-0.39, 0.29) is 15.7 Å². The van der Waals surface area contributed by atoms with Crippen LogP contribution in [0.1, 0.15) is 10.5 Å². The Bertz CT molecular complexity index is 637. The molecular formula is C12H8BrF2NO2. The lowest BCUT2D eigenvalue weighted by Gasteiger charge is -2.07. The van der Waals surface area contributed by atoms with Crippen LogP contribution in [0.4, 0.5) is 8.78 Å². The van der Waals surface area contributed by atoms with Gasteiger partial charge in [0.05, 0.1) is 10.2 Å². The molecule has 18 heavy (non-hydrogen) atoms. The van der Waals surface area contributed by atoms with Gasteiger partial charge in [-0.2, -0.15) is 0 Å². The molecule has 6 heteroatoms. The fourth-order valence-electron chi connectivity index (χ4n) is 1.72. The Balaban J connectivity index is 2.63. The van der Waals surface area contributed by atoms with Gasteiger partial charge in [0.15, 0.2) is 0 Å². The number of benzene rings is 1. The molecule has 2 aromatic rings. The summed E-state index contributed by atoms with van der Waals surface area (Å²) in [5.41, 5.74) is 0.536. The molecule has 1 N–H and O–H groups in total. The Kier molecular flexibility index (Phi) is 3.21. The number of hydrogen-bond acceptors (Lipinski definition) is 1. The average molecular weight is 316 g/mol. The Labute approximate surface area is 110 Å². The molecule has 0 fully saturated rings. The molecule has 0 radical (unpaired) electrons. The summed E-state index contributed by atoms with van der Waals surface area (Å²) in [7, 11) is 1.51. The van der Waals surface area contributed by atoms with Crippen LogP contribution in [0, 0.1) is 11.6 Å². The number of rotatable bonds is 2. The number of hydrogen-bond donors (Lipinski definition) is 1. The van der Waals surface area contributed by atoms with Gasteiger partial charge in [0.1, 0.15) is 17.3 Å². The van der Waals surface area contributed by atoms with Gasteiger partial charge in [-0.25, -0.2) is 13.6 Å². The van der Waals surface area contributed by atoms with E-state index < -0.39 is 17.6 Å². The minimum absolute atomic E-state index is 0.0323. The molecule has 0 bridgehead atoms. The van der Waals surface area contributed by atoms with Gasteiger partial charge in [-0.1, -0.05) is 0 Å². The molecule has 1 heterocycles. The van der Waals surface area contributed by atoms with E-state index in [1.807, 2.05) is 0 Å². The highest BCUT2D eigenvalue weighted by molar-refractivity contribution is 9.10. The zero-order chi connectivity index (χ0) is 13.4. The van der Waals surface area contributed by atoms with Gasteiger partial charge in [-0.3, -0.25) is 0 Å². The zero-order valence-electron chi connectivity index (χ0n) is 9.25. The summed E-state index contributed by atoms with van der Waals surface area (Å²) in [6.07, 6.45) is 0. The lowest BCUT2D eigenvalue weighted by Crippen LogP contribution is -2.05. The molecular weight excluding hydrogens is 308 g/mol. The Morgan fingerprint density at radius 1 is 1.28 bits per heavy atom. The van der Waals surface area contributed by atoms with E-state index in [0.29, 0.717) is 5.69 Å². The molecule has 0 saturated carbocycles. The lowest BCUT2D eigenvalue weighted by molar-refractivity contribution is 0.0686. The smallest absolute Gasteiger partial charge is 0.352 e. The fraction of sp³-hybridized carbons (Fsp3) is 0.0833. The molecule has 0 amide bonds. The van der Waals surface area contributed by atoms with E-state index in [2.05, 4.69) is 15.9 Å². The van der Waals surface area contributed by atoms with E-state index >= 15 is 0 Å². The molecule has 94 valence electrons.